The lowest BCUT2D eigenvalue weighted by atomic mass is 9.96. The van der Waals surface area contributed by atoms with Gasteiger partial charge in [-0.2, -0.15) is 5.26 Å². The molecule has 0 radical (unpaired) electrons. The Hall–Kier alpha value is -3.58. The molecule has 204 valence electrons. The fraction of sp³-hybridized carbons (Fsp3) is 0.391. The summed E-state index contributed by atoms with van der Waals surface area (Å²) in [7, 11) is 0. The summed E-state index contributed by atoms with van der Waals surface area (Å²) in [6, 6.07) is 2.46. The Balaban J connectivity index is 1.79. The molecule has 13 nitrogen and oxygen atoms in total. The Morgan fingerprint density at radius 1 is 1.18 bits per heavy atom. The first-order valence-electron chi connectivity index (χ1n) is 11.3. The van der Waals surface area contributed by atoms with Crippen LogP contribution in [0.3, 0.4) is 0 Å². The van der Waals surface area contributed by atoms with Crippen LogP contribution >= 0.6 is 34.7 Å². The molecule has 1 fully saturated rings. The zero-order chi connectivity index (χ0) is 28.1. The molecule has 0 saturated carbocycles. The van der Waals surface area contributed by atoms with Gasteiger partial charge in [0.25, 0.3) is 0 Å². The fourth-order valence-corrected chi connectivity index (χ4v) is 5.83. The van der Waals surface area contributed by atoms with Gasteiger partial charge >= 0.3 is 17.9 Å². The Morgan fingerprint density at radius 2 is 1.92 bits per heavy atom. The van der Waals surface area contributed by atoms with E-state index in [1.54, 1.807) is 17.8 Å². The van der Waals surface area contributed by atoms with Crippen LogP contribution in [0, 0.1) is 11.3 Å². The number of thioether (sulfide) groups is 1. The van der Waals surface area contributed by atoms with E-state index in [9.17, 15) is 14.4 Å². The van der Waals surface area contributed by atoms with Gasteiger partial charge in [0.1, 0.15) is 41.0 Å². The highest BCUT2D eigenvalue weighted by Gasteiger charge is 2.52. The zero-order valence-corrected chi connectivity index (χ0v) is 23.1. The second-order valence-corrected chi connectivity index (χ2v) is 10.6. The first kappa shape index (κ1) is 28.4. The van der Waals surface area contributed by atoms with Gasteiger partial charge in [-0.25, -0.2) is 14.6 Å². The second-order valence-electron chi connectivity index (χ2n) is 8.14. The molecule has 4 rings (SSSR count). The summed E-state index contributed by atoms with van der Waals surface area (Å²) in [5.41, 5.74) is -0.451. The first-order chi connectivity index (χ1) is 18.7. The van der Waals surface area contributed by atoms with Crippen molar-refractivity contribution in [2.24, 2.45) is 0 Å². The zero-order valence-electron chi connectivity index (χ0n) is 20.7. The molecule has 16 heteroatoms. The van der Waals surface area contributed by atoms with E-state index in [0.29, 0.717) is 15.6 Å². The summed E-state index contributed by atoms with van der Waals surface area (Å²) in [6.07, 6.45) is 1.47. The van der Waals surface area contributed by atoms with E-state index < -0.39 is 47.7 Å². The average Bonchev–Trinajstić information content (AvgIpc) is 3.56. The highest BCUT2D eigenvalue weighted by molar-refractivity contribution is 7.99. The minimum atomic E-state index is -1.10. The summed E-state index contributed by atoms with van der Waals surface area (Å²) < 4.78 is 24.2. The summed E-state index contributed by atoms with van der Waals surface area (Å²) in [5.74, 6) is -1.84. The predicted octanol–water partition coefficient (Wildman–Crippen LogP) is 2.81. The van der Waals surface area contributed by atoms with Crippen molar-refractivity contribution >= 4 is 52.6 Å². The Bertz CT molecular complexity index is 1400. The third-order valence-corrected chi connectivity index (χ3v) is 7.50. The molecule has 1 saturated heterocycles. The minimum Gasteiger partial charge on any atom is -0.463 e. The van der Waals surface area contributed by atoms with Crippen molar-refractivity contribution in [3.63, 3.8) is 0 Å². The van der Waals surface area contributed by atoms with Crippen molar-refractivity contribution in [3.8, 4) is 16.8 Å². The molecule has 0 unspecified atom stereocenters. The van der Waals surface area contributed by atoms with Crippen molar-refractivity contribution in [2.45, 2.75) is 55.5 Å². The molecule has 3 aromatic rings. The molecule has 0 amide bonds. The molecule has 0 spiro atoms. The average molecular weight is 593 g/mol. The molecule has 0 bridgehead atoms. The molecule has 4 heterocycles. The third-order valence-electron chi connectivity index (χ3n) is 5.31. The molecule has 1 aliphatic rings. The topological polar surface area (TPSA) is 168 Å². The molecule has 39 heavy (non-hydrogen) atoms. The van der Waals surface area contributed by atoms with Crippen molar-refractivity contribution in [1.29, 1.82) is 5.26 Å². The second kappa shape index (κ2) is 12.5. The maximum absolute atomic E-state index is 12.3. The lowest BCUT2D eigenvalue weighted by Crippen LogP contribution is -2.57. The van der Waals surface area contributed by atoms with E-state index >= 15 is 0 Å². The maximum Gasteiger partial charge on any atom is 0.303 e. The van der Waals surface area contributed by atoms with Gasteiger partial charge in [0.05, 0.1) is 11.2 Å². The summed E-state index contributed by atoms with van der Waals surface area (Å²) in [5, 5.41) is 20.1. The standard InChI is InChI=1S/C23H21ClN6O7S2/c1-11(31)34-10-18-20(35-12(2)32)19(30-9-17(28-29-30)22-26-4-5-38-22)21(36-13(3)33)23(37-18)39-14-6-15(24)16(7-25)27-8-14/h4-6,8-9,18-21,23H,10H2,1-3H3/t18-,19+,20+,21-,23-/m1/s1. The van der Waals surface area contributed by atoms with Gasteiger partial charge < -0.3 is 18.9 Å². The van der Waals surface area contributed by atoms with Crippen LogP contribution in [-0.4, -0.2) is 73.2 Å². The van der Waals surface area contributed by atoms with Crippen molar-refractivity contribution in [2.75, 3.05) is 6.61 Å². The number of esters is 3. The van der Waals surface area contributed by atoms with Crippen molar-refractivity contribution in [1.82, 2.24) is 25.0 Å². The van der Waals surface area contributed by atoms with E-state index in [2.05, 4.69) is 20.3 Å². The van der Waals surface area contributed by atoms with Gasteiger partial charge in [-0.1, -0.05) is 28.6 Å². The van der Waals surface area contributed by atoms with E-state index in [4.69, 9.17) is 35.8 Å². The third kappa shape index (κ3) is 6.90. The smallest absolute Gasteiger partial charge is 0.303 e. The molecular formula is C23H21ClN6O7S2. The van der Waals surface area contributed by atoms with Crippen molar-refractivity contribution < 1.29 is 33.3 Å². The van der Waals surface area contributed by atoms with Crippen LogP contribution in [0.1, 0.15) is 32.5 Å². The van der Waals surface area contributed by atoms with Gasteiger partial charge in [-0.05, 0) is 6.07 Å². The number of pyridine rings is 1. The molecule has 3 aromatic heterocycles. The van der Waals surface area contributed by atoms with Crippen LogP contribution in [0.4, 0.5) is 0 Å². The Morgan fingerprint density at radius 3 is 2.54 bits per heavy atom. The van der Waals surface area contributed by atoms with E-state index in [1.807, 2.05) is 6.07 Å². The van der Waals surface area contributed by atoms with E-state index in [-0.39, 0.29) is 17.3 Å². The number of hydrogen-bond donors (Lipinski definition) is 0. The molecule has 0 aromatic carbocycles. The van der Waals surface area contributed by atoms with Gasteiger partial charge in [0.2, 0.25) is 0 Å². The van der Waals surface area contributed by atoms with Crippen LogP contribution in [0.25, 0.3) is 10.7 Å². The van der Waals surface area contributed by atoms with Gasteiger partial charge in [0, 0.05) is 43.4 Å². The summed E-state index contributed by atoms with van der Waals surface area (Å²) in [6.45, 7) is 3.41. The fourth-order valence-electron chi connectivity index (χ4n) is 3.85. The van der Waals surface area contributed by atoms with Crippen LogP contribution in [0.15, 0.2) is 34.9 Å². The van der Waals surface area contributed by atoms with Gasteiger partial charge in [-0.3, -0.25) is 14.4 Å². The largest absolute Gasteiger partial charge is 0.463 e. The maximum atomic E-state index is 12.3. The molecule has 0 aliphatic carbocycles. The number of halogens is 1. The normalized spacial score (nSPS) is 22.5. The SMILES string of the molecule is CC(=O)OC[C@H]1O[C@H](Sc2cnc(C#N)c(Cl)c2)[C@H](OC(C)=O)[C@@H](n2cc(-c3nccs3)nn2)[C@H]1OC(C)=O. The number of rotatable bonds is 8. The van der Waals surface area contributed by atoms with Crippen LogP contribution in [0.2, 0.25) is 5.02 Å². The van der Waals surface area contributed by atoms with Crippen LogP contribution in [0.5, 0.6) is 0 Å². The number of thiazole rings is 1. The summed E-state index contributed by atoms with van der Waals surface area (Å²) >= 11 is 8.62. The monoisotopic (exact) mass is 592 g/mol. The van der Waals surface area contributed by atoms with Gasteiger partial charge in [0.15, 0.2) is 17.9 Å². The minimum absolute atomic E-state index is 0.0416. The summed E-state index contributed by atoms with van der Waals surface area (Å²) in [4.78, 5) is 44.8. The number of carbonyl (C=O) groups excluding carboxylic acids is 3. The molecule has 0 N–H and O–H groups in total. The number of aromatic nitrogens is 5. The molecule has 1 aliphatic heterocycles. The number of nitrogens with zero attached hydrogens (tertiary/aromatic N) is 6. The van der Waals surface area contributed by atoms with Crippen LogP contribution in [-0.2, 0) is 33.3 Å². The lowest BCUT2D eigenvalue weighted by Gasteiger charge is -2.44. The van der Waals surface area contributed by atoms with Crippen molar-refractivity contribution in [3.05, 3.63) is 40.8 Å². The Kier molecular flexibility index (Phi) is 9.12. The Labute approximate surface area is 235 Å². The van der Waals surface area contributed by atoms with E-state index in [0.717, 1.165) is 11.8 Å². The van der Waals surface area contributed by atoms with Gasteiger partial charge in [-0.15, -0.1) is 16.4 Å². The highest BCUT2D eigenvalue weighted by Crippen LogP contribution is 2.42. The first-order valence-corrected chi connectivity index (χ1v) is 13.5. The predicted molar refractivity (Wildman–Crippen MR) is 136 cm³/mol. The quantitative estimate of drug-likeness (QED) is 0.277. The lowest BCUT2D eigenvalue weighted by molar-refractivity contribution is -0.212. The number of nitriles is 1. The number of ether oxygens (including phenoxy) is 4. The highest BCUT2D eigenvalue weighted by atomic mass is 35.5. The molecule has 5 atom stereocenters. The van der Waals surface area contributed by atoms with E-state index in [1.165, 1.54) is 49.1 Å². The number of carbonyl (C=O) groups is 3. The van der Waals surface area contributed by atoms with Crippen LogP contribution < -0.4 is 0 Å². The number of hydrogen-bond acceptors (Lipinski definition) is 14. The molecular weight excluding hydrogens is 572 g/mol.